The Labute approximate surface area is 723 Å². The number of aromatic nitrogens is 13. The Bertz CT molecular complexity index is 7550. The number of terminal acetylenes is 4. The van der Waals surface area contributed by atoms with Crippen molar-refractivity contribution in [2.24, 2.45) is 0 Å². The van der Waals surface area contributed by atoms with Crippen LogP contribution in [-0.4, -0.2) is 89.6 Å². The van der Waals surface area contributed by atoms with Crippen LogP contribution in [0.3, 0.4) is 0 Å². The average Bonchev–Trinajstić information content (AvgIpc) is 0.784. The second-order valence-corrected chi connectivity index (χ2v) is 28.3. The average molecular weight is 1650 g/mol. The second-order valence-electron chi connectivity index (χ2n) is 28.3. The molecule has 9 aromatic heterocycles. The van der Waals surface area contributed by atoms with E-state index in [1.165, 1.54) is 9.95 Å². The predicted molar refractivity (Wildman–Crippen MR) is 502 cm³/mol. The van der Waals surface area contributed by atoms with E-state index < -0.39 is 0 Å². The van der Waals surface area contributed by atoms with Crippen LogP contribution < -0.4 is 36.4 Å². The van der Waals surface area contributed by atoms with Gasteiger partial charge in [0, 0.05) is 58.0 Å². The number of para-hydroxylation sites is 1. The Balaban J connectivity index is 0.000000130. The predicted octanol–water partition coefficient (Wildman–Crippen LogP) is 17.6. The minimum atomic E-state index is -0.241. The number of aryl methyl sites for hydroxylation is 2. The second kappa shape index (κ2) is 38.2. The number of nitrogens with zero attached hydrogens (tertiary/aromatic N) is 13. The fraction of sp³-hybridized carbons (Fsp3) is 0.0571. The zero-order valence-electron chi connectivity index (χ0n) is 68.7. The molecule has 0 aliphatic carbocycles. The van der Waals surface area contributed by atoms with Gasteiger partial charge >= 0.3 is 0 Å². The topological polar surface area (TPSA) is 252 Å². The van der Waals surface area contributed by atoms with Crippen molar-refractivity contribution in [2.75, 3.05) is 21.3 Å². The summed E-state index contributed by atoms with van der Waals surface area (Å²) in [5.74, 6) is 14.1. The summed E-state index contributed by atoms with van der Waals surface area (Å²) in [6.07, 6.45) is 42.9. The lowest BCUT2D eigenvalue weighted by atomic mass is 10.0. The monoisotopic (exact) mass is 1650 g/mol. The first-order chi connectivity index (χ1) is 61.5. The molecule has 608 valence electrons. The van der Waals surface area contributed by atoms with Crippen molar-refractivity contribution >= 4 is 114 Å². The van der Waals surface area contributed by atoms with Crippen molar-refractivity contribution < 1.29 is 19.3 Å². The van der Waals surface area contributed by atoms with Crippen molar-refractivity contribution in [3.8, 4) is 89.4 Å². The van der Waals surface area contributed by atoms with Gasteiger partial charge in [0.1, 0.15) is 29.0 Å². The fourth-order valence-corrected chi connectivity index (χ4v) is 14.2. The number of aliphatic hydroxyl groups excluding tert-OH is 1. The molecule has 21 heteroatoms. The summed E-state index contributed by atoms with van der Waals surface area (Å²) in [7, 11) is 4.78. The highest BCUT2D eigenvalue weighted by Gasteiger charge is 2.19. The molecule has 0 radical (unpaired) electrons. The van der Waals surface area contributed by atoms with Crippen molar-refractivity contribution in [3.63, 3.8) is 0 Å². The van der Waals surface area contributed by atoms with Crippen LogP contribution in [0, 0.1) is 63.2 Å². The summed E-state index contributed by atoms with van der Waals surface area (Å²) in [5, 5.41) is 15.0. The number of hydrogen-bond acceptors (Lipinski definition) is 17. The number of aliphatic hydroxyl groups is 1. The molecule has 0 aliphatic rings. The van der Waals surface area contributed by atoms with Gasteiger partial charge in [-0.05, 0) is 271 Å². The number of fused-ring (bicyclic) bond motifs is 6. The molecule has 9 heterocycles. The number of hydrogen-bond donors (Lipinski definition) is 1. The molecule has 0 amide bonds. The largest absolute Gasteiger partial charge is 0.496 e. The summed E-state index contributed by atoms with van der Waals surface area (Å²) in [5.41, 5.74) is 13.2. The highest BCUT2D eigenvalue weighted by atomic mass is 16.5. The van der Waals surface area contributed by atoms with Crippen LogP contribution in [0.4, 0.5) is 0 Å². The number of ether oxygens (including phenoxy) is 3. The molecule has 18 rings (SSSR count). The van der Waals surface area contributed by atoms with Crippen LogP contribution in [0.1, 0.15) is 84.6 Å². The molecule has 126 heavy (non-hydrogen) atoms. The maximum Gasteiger partial charge on any atom is 0.267 e. The first-order valence-electron chi connectivity index (χ1n) is 39.4. The number of benzene rings is 9. The zero-order chi connectivity index (χ0) is 87.7. The molecule has 0 saturated carbocycles. The van der Waals surface area contributed by atoms with E-state index in [0.717, 1.165) is 60.9 Å². The zero-order valence-corrected chi connectivity index (χ0v) is 68.7. The van der Waals surface area contributed by atoms with E-state index in [9.17, 15) is 24.3 Å². The van der Waals surface area contributed by atoms with Gasteiger partial charge in [0.15, 0.2) is 34.1 Å². The molecule has 0 unspecified atom stereocenters. The number of pyridine rings is 5. The van der Waals surface area contributed by atoms with Crippen LogP contribution in [0.25, 0.3) is 137 Å². The summed E-state index contributed by atoms with van der Waals surface area (Å²) in [4.78, 5) is 93.5. The highest BCUT2D eigenvalue weighted by Crippen LogP contribution is 2.34. The Morgan fingerprint density at radius 3 is 1.13 bits per heavy atom. The van der Waals surface area contributed by atoms with E-state index in [2.05, 4.69) is 92.8 Å². The molecule has 21 nitrogen and oxygen atoms in total. The van der Waals surface area contributed by atoms with Crippen molar-refractivity contribution in [1.82, 2.24) is 63.1 Å². The van der Waals surface area contributed by atoms with Gasteiger partial charge in [0.05, 0.1) is 83.4 Å². The van der Waals surface area contributed by atoms with Crippen LogP contribution in [0.2, 0.25) is 0 Å². The molecular formula is C105H75N13O8. The summed E-state index contributed by atoms with van der Waals surface area (Å²) in [6, 6.07) is 76.5. The van der Waals surface area contributed by atoms with Crippen LogP contribution in [-0.2, 0) is 6.61 Å². The maximum atomic E-state index is 13.4. The Morgan fingerprint density at radius 1 is 0.349 bits per heavy atom. The van der Waals surface area contributed by atoms with Gasteiger partial charge in [0.2, 0.25) is 0 Å². The Morgan fingerprint density at radius 2 is 0.730 bits per heavy atom. The third-order valence-electron chi connectivity index (χ3n) is 20.3. The molecule has 0 atom stereocenters. The van der Waals surface area contributed by atoms with Crippen LogP contribution >= 0.6 is 0 Å². The fourth-order valence-electron chi connectivity index (χ4n) is 14.2. The van der Waals surface area contributed by atoms with Gasteiger partial charge in [-0.2, -0.15) is 0 Å². The van der Waals surface area contributed by atoms with E-state index in [1.54, 1.807) is 193 Å². The summed E-state index contributed by atoms with van der Waals surface area (Å²) >= 11 is 0. The lowest BCUT2D eigenvalue weighted by molar-refractivity contribution is 0.280. The van der Waals surface area contributed by atoms with E-state index in [0.29, 0.717) is 124 Å². The molecule has 0 fully saturated rings. The highest BCUT2D eigenvalue weighted by molar-refractivity contribution is 5.88. The van der Waals surface area contributed by atoms with Gasteiger partial charge in [-0.1, -0.05) is 103 Å². The molecule has 0 spiro atoms. The van der Waals surface area contributed by atoms with Crippen LogP contribution in [0.5, 0.6) is 17.2 Å². The smallest absolute Gasteiger partial charge is 0.267 e. The molecule has 9 aromatic carbocycles. The Hall–Kier alpha value is -17.6. The normalized spacial score (nSPS) is 11.1. The number of methoxy groups -OCH3 is 3. The molecular weight excluding hydrogens is 1570 g/mol. The summed E-state index contributed by atoms with van der Waals surface area (Å²) in [6.45, 7) is 3.73. The summed E-state index contributed by atoms with van der Waals surface area (Å²) < 4.78 is 22.6. The molecule has 0 saturated heterocycles. The van der Waals surface area contributed by atoms with E-state index in [1.807, 2.05) is 153 Å². The van der Waals surface area contributed by atoms with Gasteiger partial charge in [-0.15, -0.1) is 25.7 Å². The SMILES string of the molecule is C#Cc1ccc(-n2c(/C=C/c3c(CO)cc(C)cc3OC)nc3ncccc3c2=O)cc1.C#Cc1ccc(-n2c(/C=C/c3cc(C)c(OC)c(OC)c3)nc3ncccc3c2=O)cc1.C#Cc1ccc(-n2c(/C=C/c3ccc4ccccc4c3)nc3ncccc3c2=O)cc1.C#Cc1ccc(-n2c(/C=C/c3ccc4ccccc4n3)nc3ncccc3c2=O)cc1. The lowest BCUT2D eigenvalue weighted by Crippen LogP contribution is -2.22. The van der Waals surface area contributed by atoms with E-state index in [-0.39, 0.29) is 28.8 Å². The van der Waals surface area contributed by atoms with Gasteiger partial charge < -0.3 is 19.3 Å². The molecule has 0 aliphatic heterocycles. The van der Waals surface area contributed by atoms with Gasteiger partial charge in [0.25, 0.3) is 22.2 Å². The first-order valence-corrected chi connectivity index (χ1v) is 39.4. The minimum absolute atomic E-state index is 0.148. The van der Waals surface area contributed by atoms with Crippen LogP contribution in [0.15, 0.2) is 293 Å². The van der Waals surface area contributed by atoms with E-state index >= 15 is 0 Å². The maximum absolute atomic E-state index is 13.4. The van der Waals surface area contributed by atoms with Crippen molar-refractivity contribution in [3.05, 3.63) is 400 Å². The standard InChI is InChI=1S/C27H17N3O.C26H16N4O.2C26H21N3O3/c1-2-19-10-14-23(15-11-19)30-25(29-26-24(27(30)31)8-5-17-28-26)16-12-20-9-13-21-6-3-4-7-22(21)18-20;1-2-18-9-14-21(15-10-18)30-24(29-25-22(26(30)31)7-5-17-27-25)16-13-20-12-11-19-6-3-4-8-23(19)28-20;1-5-18-8-11-20(12-9-18)29-23(28-25-21(26(29)30)7-6-14-27-25)13-10-19-15-17(2)24(32-4)22(16-19)31-3;1-4-18-7-9-20(10-8-18)29-24(28-25-22(26(29)31)6-5-13-27-25)12-11-21-19(16-30)14-17(2)15-23(21)32-3/h1,3-18H;1,3-17H;1,6-16H,2-4H3;1,5-15,30H,16H2,2-3H3/b16-12+;16-13+;13-10+;12-11+. The molecule has 18 aromatic rings. The number of rotatable bonds is 16. The van der Waals surface area contributed by atoms with E-state index in [4.69, 9.17) is 39.9 Å². The molecule has 0 bridgehead atoms. The third-order valence-corrected chi connectivity index (χ3v) is 20.3. The molecule has 1 N–H and O–H groups in total. The van der Waals surface area contributed by atoms with Crippen molar-refractivity contribution in [2.45, 2.75) is 20.5 Å². The quantitative estimate of drug-likeness (QED) is 0.0882. The third kappa shape index (κ3) is 18.3. The lowest BCUT2D eigenvalue weighted by Gasteiger charge is -2.13. The minimum Gasteiger partial charge on any atom is -0.496 e. The first kappa shape index (κ1) is 83.4. The Kier molecular flexibility index (Phi) is 25.3. The van der Waals surface area contributed by atoms with Gasteiger partial charge in [-0.25, -0.2) is 44.9 Å². The van der Waals surface area contributed by atoms with Crippen molar-refractivity contribution in [1.29, 1.82) is 0 Å². The van der Waals surface area contributed by atoms with Gasteiger partial charge in [-0.3, -0.25) is 37.4 Å².